The van der Waals surface area contributed by atoms with Crippen molar-refractivity contribution in [3.63, 3.8) is 0 Å². The zero-order valence-electron chi connectivity index (χ0n) is 13.3. The average molecular weight is 318 g/mol. The van der Waals surface area contributed by atoms with Crippen molar-refractivity contribution in [2.75, 3.05) is 5.32 Å². The molecule has 1 aromatic heterocycles. The molecule has 0 fully saturated rings. The third-order valence-electron chi connectivity index (χ3n) is 3.62. The highest BCUT2D eigenvalue weighted by Crippen LogP contribution is 2.19. The van der Waals surface area contributed by atoms with Gasteiger partial charge in [0.05, 0.1) is 6.21 Å². The van der Waals surface area contributed by atoms with E-state index in [4.69, 9.17) is 0 Å². The number of carbonyl (C=O) groups excluding carboxylic acids is 1. The third-order valence-corrected chi connectivity index (χ3v) is 3.62. The van der Waals surface area contributed by atoms with Crippen molar-refractivity contribution in [2.24, 2.45) is 5.10 Å². The van der Waals surface area contributed by atoms with Crippen LogP contribution in [0.1, 0.15) is 12.5 Å². The van der Waals surface area contributed by atoms with E-state index in [1.165, 1.54) is 5.39 Å². The lowest BCUT2D eigenvalue weighted by Crippen LogP contribution is -2.34. The monoisotopic (exact) mass is 318 g/mol. The molecule has 2 aromatic carbocycles. The summed E-state index contributed by atoms with van der Waals surface area (Å²) in [6.07, 6.45) is 4.93. The third kappa shape index (κ3) is 3.95. The van der Waals surface area contributed by atoms with Crippen LogP contribution in [-0.4, -0.2) is 23.1 Å². The molecule has 3 rings (SSSR count). The number of hydrogen-bond acceptors (Lipinski definition) is 4. The largest absolute Gasteiger partial charge is 0.374 e. The van der Waals surface area contributed by atoms with Gasteiger partial charge in [0.25, 0.3) is 5.91 Å². The van der Waals surface area contributed by atoms with Crippen LogP contribution >= 0.6 is 0 Å². The lowest BCUT2D eigenvalue weighted by Gasteiger charge is -2.14. The molecule has 5 heteroatoms. The number of hydrazone groups is 1. The van der Waals surface area contributed by atoms with Crippen molar-refractivity contribution in [3.05, 3.63) is 72.6 Å². The number of benzene rings is 2. The lowest BCUT2D eigenvalue weighted by atomic mass is 10.1. The van der Waals surface area contributed by atoms with E-state index in [2.05, 4.69) is 26.9 Å². The maximum Gasteiger partial charge on any atom is 0.262 e. The molecule has 120 valence electrons. The molecule has 0 unspecified atom stereocenters. The highest BCUT2D eigenvalue weighted by Gasteiger charge is 2.11. The summed E-state index contributed by atoms with van der Waals surface area (Å²) in [5.74, 6) is -0.200. The maximum absolute atomic E-state index is 12.1. The summed E-state index contributed by atoms with van der Waals surface area (Å²) in [6, 6.07) is 17.4. The molecule has 0 saturated heterocycles. The van der Waals surface area contributed by atoms with Crippen molar-refractivity contribution >= 4 is 28.6 Å². The Labute approximate surface area is 140 Å². The molecule has 5 nitrogen and oxygen atoms in total. The first-order chi connectivity index (χ1) is 11.7. The Morgan fingerprint density at radius 2 is 1.83 bits per heavy atom. The normalized spacial score (nSPS) is 12.2. The molecule has 0 radical (unpaired) electrons. The number of hydrogen-bond donors (Lipinski definition) is 2. The molecular weight excluding hydrogens is 300 g/mol. The Balaban J connectivity index is 1.59. The first kappa shape index (κ1) is 15.7. The number of nitrogens with zero attached hydrogens (tertiary/aromatic N) is 2. The summed E-state index contributed by atoms with van der Waals surface area (Å²) < 4.78 is 0. The van der Waals surface area contributed by atoms with E-state index in [9.17, 15) is 4.79 Å². The summed E-state index contributed by atoms with van der Waals surface area (Å²) in [7, 11) is 0. The van der Waals surface area contributed by atoms with Crippen LogP contribution in [0.25, 0.3) is 10.8 Å². The number of amides is 1. The minimum Gasteiger partial charge on any atom is -0.374 e. The van der Waals surface area contributed by atoms with Crippen LogP contribution in [0.5, 0.6) is 0 Å². The van der Waals surface area contributed by atoms with Gasteiger partial charge in [-0.25, -0.2) is 5.43 Å². The second-order valence-electron chi connectivity index (χ2n) is 5.44. The Bertz CT molecular complexity index is 861. The van der Waals surface area contributed by atoms with Gasteiger partial charge in [0.15, 0.2) is 0 Å². The van der Waals surface area contributed by atoms with Crippen molar-refractivity contribution in [1.29, 1.82) is 0 Å². The van der Waals surface area contributed by atoms with Crippen LogP contribution in [0.4, 0.5) is 5.69 Å². The van der Waals surface area contributed by atoms with Gasteiger partial charge in [-0.05, 0) is 47.5 Å². The fraction of sp³-hybridized carbons (Fsp3) is 0.105. The van der Waals surface area contributed by atoms with Gasteiger partial charge in [0.1, 0.15) is 6.04 Å². The van der Waals surface area contributed by atoms with E-state index < -0.39 is 6.04 Å². The zero-order chi connectivity index (χ0) is 16.8. The molecule has 1 heterocycles. The SMILES string of the molecule is C[C@H](Nc1ccc2ccccc2c1)C(=O)N/N=C\c1ccncc1. The number of rotatable bonds is 5. The van der Waals surface area contributed by atoms with Crippen LogP contribution in [0.15, 0.2) is 72.1 Å². The number of nitrogens with one attached hydrogen (secondary N) is 2. The van der Waals surface area contributed by atoms with Gasteiger partial charge in [-0.15, -0.1) is 0 Å². The van der Waals surface area contributed by atoms with E-state index in [1.54, 1.807) is 25.5 Å². The Hall–Kier alpha value is -3.21. The van der Waals surface area contributed by atoms with Gasteiger partial charge < -0.3 is 5.32 Å². The van der Waals surface area contributed by atoms with Crippen LogP contribution in [-0.2, 0) is 4.79 Å². The van der Waals surface area contributed by atoms with Gasteiger partial charge >= 0.3 is 0 Å². The quantitative estimate of drug-likeness (QED) is 0.561. The Morgan fingerprint density at radius 1 is 1.08 bits per heavy atom. The fourth-order valence-corrected chi connectivity index (χ4v) is 2.31. The van der Waals surface area contributed by atoms with Crippen LogP contribution < -0.4 is 10.7 Å². The van der Waals surface area contributed by atoms with Crippen molar-refractivity contribution in [1.82, 2.24) is 10.4 Å². The van der Waals surface area contributed by atoms with Gasteiger partial charge in [-0.2, -0.15) is 5.10 Å². The molecule has 0 aliphatic carbocycles. The summed E-state index contributed by atoms with van der Waals surface area (Å²) in [5.41, 5.74) is 4.31. The zero-order valence-corrected chi connectivity index (χ0v) is 13.3. The predicted octanol–water partition coefficient (Wildman–Crippen LogP) is 3.19. The molecule has 0 spiro atoms. The van der Waals surface area contributed by atoms with E-state index >= 15 is 0 Å². The number of fused-ring (bicyclic) bond motifs is 1. The molecular formula is C19H18N4O. The van der Waals surface area contributed by atoms with Gasteiger partial charge in [0, 0.05) is 18.1 Å². The molecule has 0 aliphatic rings. The topological polar surface area (TPSA) is 66.4 Å². The summed E-state index contributed by atoms with van der Waals surface area (Å²) in [4.78, 5) is 16.0. The summed E-state index contributed by atoms with van der Waals surface area (Å²) in [6.45, 7) is 1.80. The molecule has 1 amide bonds. The highest BCUT2D eigenvalue weighted by atomic mass is 16.2. The second-order valence-corrected chi connectivity index (χ2v) is 5.44. The average Bonchev–Trinajstić information content (AvgIpc) is 2.62. The Morgan fingerprint density at radius 3 is 2.62 bits per heavy atom. The molecule has 0 saturated carbocycles. The first-order valence-electron chi connectivity index (χ1n) is 7.71. The lowest BCUT2D eigenvalue weighted by molar-refractivity contribution is -0.121. The standard InChI is InChI=1S/C19H18N4O/c1-14(19(24)23-21-13-15-8-10-20-11-9-15)22-18-7-6-16-4-2-3-5-17(16)12-18/h2-14,22H,1H3,(H,23,24)/b21-13-/t14-/m0/s1. The van der Waals surface area contributed by atoms with Crippen LogP contribution in [0.2, 0.25) is 0 Å². The van der Waals surface area contributed by atoms with E-state index in [-0.39, 0.29) is 5.91 Å². The smallest absolute Gasteiger partial charge is 0.262 e. The van der Waals surface area contributed by atoms with E-state index in [0.29, 0.717) is 0 Å². The molecule has 0 bridgehead atoms. The summed E-state index contributed by atoms with van der Waals surface area (Å²) in [5, 5.41) is 9.45. The van der Waals surface area contributed by atoms with Crippen molar-refractivity contribution in [3.8, 4) is 0 Å². The van der Waals surface area contributed by atoms with Crippen LogP contribution in [0.3, 0.4) is 0 Å². The summed E-state index contributed by atoms with van der Waals surface area (Å²) >= 11 is 0. The Kier molecular flexibility index (Phi) is 4.81. The van der Waals surface area contributed by atoms with Crippen molar-refractivity contribution in [2.45, 2.75) is 13.0 Å². The van der Waals surface area contributed by atoms with Gasteiger partial charge in [-0.1, -0.05) is 30.3 Å². The van der Waals surface area contributed by atoms with E-state index in [0.717, 1.165) is 16.6 Å². The highest BCUT2D eigenvalue weighted by molar-refractivity contribution is 5.89. The predicted molar refractivity (Wildman–Crippen MR) is 97.0 cm³/mol. The number of anilines is 1. The second kappa shape index (κ2) is 7.37. The van der Waals surface area contributed by atoms with Crippen molar-refractivity contribution < 1.29 is 4.79 Å². The fourth-order valence-electron chi connectivity index (χ4n) is 2.31. The van der Waals surface area contributed by atoms with E-state index in [1.807, 2.05) is 48.5 Å². The molecule has 1 atom stereocenters. The molecule has 3 aromatic rings. The molecule has 0 aliphatic heterocycles. The molecule has 2 N–H and O–H groups in total. The number of pyridine rings is 1. The van der Waals surface area contributed by atoms with Gasteiger partial charge in [0.2, 0.25) is 0 Å². The number of carbonyl (C=O) groups is 1. The first-order valence-corrected chi connectivity index (χ1v) is 7.71. The minimum atomic E-state index is -0.402. The number of aromatic nitrogens is 1. The van der Waals surface area contributed by atoms with Crippen LogP contribution in [0, 0.1) is 0 Å². The minimum absolute atomic E-state index is 0.200. The molecule has 24 heavy (non-hydrogen) atoms. The maximum atomic E-state index is 12.1. The van der Waals surface area contributed by atoms with Gasteiger partial charge in [-0.3, -0.25) is 9.78 Å².